The van der Waals surface area contributed by atoms with Crippen LogP contribution in [0.1, 0.15) is 17.8 Å². The van der Waals surface area contributed by atoms with E-state index in [1.807, 2.05) is 5.38 Å². The van der Waals surface area contributed by atoms with E-state index in [0.717, 1.165) is 5.01 Å². The molecule has 0 radical (unpaired) electrons. The molecule has 1 aromatic rings. The fourth-order valence-electron chi connectivity index (χ4n) is 2.20. The van der Waals surface area contributed by atoms with Crippen molar-refractivity contribution < 1.29 is 13.2 Å². The number of rotatable bonds is 5. The number of ether oxygens (including phenoxy) is 1. The molecule has 1 aliphatic heterocycles. The van der Waals surface area contributed by atoms with Gasteiger partial charge in [0.1, 0.15) is 14.8 Å². The molecule has 2 rings (SSSR count). The first-order chi connectivity index (χ1) is 8.58. The molecule has 0 aliphatic carbocycles. The standard InChI is InChI=1S/C11H18N2O3S2/c1-16-6-4-13-11(10-12-5-7-17-10)2-8-18(14,15)9-3-11/h5,7,13H,2-4,6,8-9H2,1H3. The van der Waals surface area contributed by atoms with Gasteiger partial charge in [0, 0.05) is 25.2 Å². The Morgan fingerprint density at radius 1 is 1.50 bits per heavy atom. The van der Waals surface area contributed by atoms with Crippen LogP contribution in [0, 0.1) is 0 Å². The third-order valence-corrected chi connectivity index (χ3v) is 5.92. The van der Waals surface area contributed by atoms with Crippen LogP contribution in [-0.4, -0.2) is 45.2 Å². The molecule has 18 heavy (non-hydrogen) atoms. The third kappa shape index (κ3) is 3.09. The van der Waals surface area contributed by atoms with Crippen molar-refractivity contribution in [3.05, 3.63) is 16.6 Å². The van der Waals surface area contributed by atoms with Gasteiger partial charge in [-0.05, 0) is 12.8 Å². The van der Waals surface area contributed by atoms with Crippen molar-refractivity contribution in [1.82, 2.24) is 10.3 Å². The van der Waals surface area contributed by atoms with Gasteiger partial charge in [-0.1, -0.05) is 0 Å². The van der Waals surface area contributed by atoms with Crippen LogP contribution in [-0.2, 0) is 20.1 Å². The maximum atomic E-state index is 11.6. The normalized spacial score (nSPS) is 21.8. The molecule has 1 N–H and O–H groups in total. The Hall–Kier alpha value is -0.500. The summed E-state index contributed by atoms with van der Waals surface area (Å²) < 4.78 is 28.2. The highest BCUT2D eigenvalue weighted by atomic mass is 32.2. The maximum Gasteiger partial charge on any atom is 0.150 e. The van der Waals surface area contributed by atoms with E-state index in [2.05, 4.69) is 10.3 Å². The van der Waals surface area contributed by atoms with Crippen LogP contribution in [0.4, 0.5) is 0 Å². The van der Waals surface area contributed by atoms with Gasteiger partial charge < -0.3 is 10.1 Å². The van der Waals surface area contributed by atoms with Gasteiger partial charge in [0.25, 0.3) is 0 Å². The summed E-state index contributed by atoms with van der Waals surface area (Å²) in [4.78, 5) is 4.36. The van der Waals surface area contributed by atoms with Crippen LogP contribution in [0.2, 0.25) is 0 Å². The number of nitrogens with zero attached hydrogens (tertiary/aromatic N) is 1. The minimum atomic E-state index is -2.87. The van der Waals surface area contributed by atoms with Gasteiger partial charge >= 0.3 is 0 Å². The summed E-state index contributed by atoms with van der Waals surface area (Å²) >= 11 is 1.58. The van der Waals surface area contributed by atoms with E-state index in [-0.39, 0.29) is 17.0 Å². The third-order valence-electron chi connectivity index (χ3n) is 3.29. The molecule has 1 saturated heterocycles. The average Bonchev–Trinajstić information content (AvgIpc) is 2.86. The second-order valence-electron chi connectivity index (χ2n) is 4.49. The van der Waals surface area contributed by atoms with Crippen LogP contribution < -0.4 is 5.32 Å². The number of hydrogen-bond acceptors (Lipinski definition) is 6. The summed E-state index contributed by atoms with van der Waals surface area (Å²) in [6, 6.07) is 0. The number of hydrogen-bond donors (Lipinski definition) is 1. The maximum absolute atomic E-state index is 11.6. The van der Waals surface area contributed by atoms with Crippen LogP contribution in [0.15, 0.2) is 11.6 Å². The molecule has 5 nitrogen and oxygen atoms in total. The second kappa shape index (κ2) is 5.64. The van der Waals surface area contributed by atoms with E-state index in [9.17, 15) is 8.42 Å². The molecule has 7 heteroatoms. The number of nitrogens with one attached hydrogen (secondary N) is 1. The zero-order valence-electron chi connectivity index (χ0n) is 10.4. The molecule has 0 unspecified atom stereocenters. The van der Waals surface area contributed by atoms with Crippen LogP contribution in [0.5, 0.6) is 0 Å². The molecule has 0 amide bonds. The van der Waals surface area contributed by atoms with Crippen molar-refractivity contribution in [2.75, 3.05) is 31.8 Å². The molecule has 1 aliphatic rings. The Bertz CT molecular complexity index is 456. The van der Waals surface area contributed by atoms with E-state index in [1.54, 1.807) is 24.6 Å². The number of sulfone groups is 1. The summed E-state index contributed by atoms with van der Waals surface area (Å²) in [6.07, 6.45) is 2.95. The van der Waals surface area contributed by atoms with Gasteiger partial charge in [0.05, 0.1) is 23.7 Å². The molecule has 1 fully saturated rings. The van der Waals surface area contributed by atoms with Crippen molar-refractivity contribution in [3.8, 4) is 0 Å². The highest BCUT2D eigenvalue weighted by molar-refractivity contribution is 7.91. The average molecular weight is 290 g/mol. The van der Waals surface area contributed by atoms with Gasteiger partial charge in [-0.25, -0.2) is 13.4 Å². The Kier molecular flexibility index (Phi) is 4.37. The number of aromatic nitrogens is 1. The Morgan fingerprint density at radius 3 is 2.78 bits per heavy atom. The smallest absolute Gasteiger partial charge is 0.150 e. The van der Waals surface area contributed by atoms with Crippen molar-refractivity contribution in [2.24, 2.45) is 0 Å². The quantitative estimate of drug-likeness (QED) is 0.812. The first kappa shape index (κ1) is 13.9. The highest BCUT2D eigenvalue weighted by Crippen LogP contribution is 2.34. The van der Waals surface area contributed by atoms with Crippen LogP contribution in [0.3, 0.4) is 0 Å². The van der Waals surface area contributed by atoms with Crippen molar-refractivity contribution >= 4 is 21.2 Å². The van der Waals surface area contributed by atoms with E-state index >= 15 is 0 Å². The van der Waals surface area contributed by atoms with Crippen molar-refractivity contribution in [1.29, 1.82) is 0 Å². The van der Waals surface area contributed by atoms with Gasteiger partial charge in [0.15, 0.2) is 0 Å². The SMILES string of the molecule is COCCNC1(c2nccs2)CCS(=O)(=O)CC1. The zero-order chi connectivity index (χ0) is 13.1. The monoisotopic (exact) mass is 290 g/mol. The predicted molar refractivity (Wildman–Crippen MR) is 71.6 cm³/mol. The summed E-state index contributed by atoms with van der Waals surface area (Å²) in [5.41, 5.74) is -0.294. The highest BCUT2D eigenvalue weighted by Gasteiger charge is 2.40. The van der Waals surface area contributed by atoms with Crippen LogP contribution in [0.25, 0.3) is 0 Å². The lowest BCUT2D eigenvalue weighted by Crippen LogP contribution is -2.49. The van der Waals surface area contributed by atoms with Gasteiger partial charge in [-0.2, -0.15) is 0 Å². The van der Waals surface area contributed by atoms with E-state index in [1.165, 1.54) is 0 Å². The van der Waals surface area contributed by atoms with E-state index in [0.29, 0.717) is 26.0 Å². The molecule has 0 bridgehead atoms. The Morgan fingerprint density at radius 2 is 2.22 bits per heavy atom. The molecule has 0 saturated carbocycles. The van der Waals surface area contributed by atoms with Gasteiger partial charge in [-0.3, -0.25) is 0 Å². The molecule has 0 aromatic carbocycles. The molecule has 0 atom stereocenters. The van der Waals surface area contributed by atoms with Crippen molar-refractivity contribution in [2.45, 2.75) is 18.4 Å². The zero-order valence-corrected chi connectivity index (χ0v) is 12.0. The number of thiazole rings is 1. The van der Waals surface area contributed by atoms with Gasteiger partial charge in [0.2, 0.25) is 0 Å². The summed E-state index contributed by atoms with van der Waals surface area (Å²) in [7, 11) is -1.21. The molecule has 1 aromatic heterocycles. The second-order valence-corrected chi connectivity index (χ2v) is 7.69. The Balaban J connectivity index is 2.14. The lowest BCUT2D eigenvalue weighted by molar-refractivity contribution is 0.179. The minimum absolute atomic E-state index is 0.229. The molecular weight excluding hydrogens is 272 g/mol. The molecule has 0 spiro atoms. The van der Waals surface area contributed by atoms with E-state index < -0.39 is 9.84 Å². The fourth-order valence-corrected chi connectivity index (χ4v) is 4.60. The topological polar surface area (TPSA) is 68.3 Å². The fraction of sp³-hybridized carbons (Fsp3) is 0.727. The largest absolute Gasteiger partial charge is 0.383 e. The minimum Gasteiger partial charge on any atom is -0.383 e. The first-order valence-corrected chi connectivity index (χ1v) is 8.62. The molecule has 102 valence electrons. The summed E-state index contributed by atoms with van der Waals surface area (Å²) in [6.45, 7) is 1.32. The van der Waals surface area contributed by atoms with Gasteiger partial charge in [-0.15, -0.1) is 11.3 Å². The van der Waals surface area contributed by atoms with E-state index in [4.69, 9.17) is 4.74 Å². The van der Waals surface area contributed by atoms with Crippen LogP contribution >= 0.6 is 11.3 Å². The lowest BCUT2D eigenvalue weighted by atomic mass is 9.93. The number of methoxy groups -OCH3 is 1. The Labute approximate surface area is 111 Å². The predicted octanol–water partition coefficient (Wildman–Crippen LogP) is 0.783. The lowest BCUT2D eigenvalue weighted by Gasteiger charge is -2.36. The summed E-state index contributed by atoms with van der Waals surface area (Å²) in [5.74, 6) is 0.457. The molecular formula is C11H18N2O3S2. The summed E-state index contributed by atoms with van der Waals surface area (Å²) in [5, 5.41) is 6.34. The first-order valence-electron chi connectivity index (χ1n) is 5.92. The van der Waals surface area contributed by atoms with Crippen molar-refractivity contribution in [3.63, 3.8) is 0 Å². The molecule has 2 heterocycles.